The molecule has 0 amide bonds. The maximum Gasteiger partial charge on any atom is 0.164 e. The molecule has 1 aromatic carbocycles. The van der Waals surface area contributed by atoms with E-state index in [-0.39, 0.29) is 12.2 Å². The zero-order valence-corrected chi connectivity index (χ0v) is 11.1. The third kappa shape index (κ3) is 3.74. The topological polar surface area (TPSA) is 35.2 Å². The van der Waals surface area contributed by atoms with Gasteiger partial charge in [-0.1, -0.05) is 25.0 Å². The van der Waals surface area contributed by atoms with Crippen LogP contribution in [0.4, 0.5) is 8.78 Å². The van der Waals surface area contributed by atoms with Crippen LogP contribution >= 0.6 is 0 Å². The largest absolute Gasteiger partial charge is 0.376 e. The van der Waals surface area contributed by atoms with Gasteiger partial charge in [-0.15, -0.1) is 0 Å². The summed E-state index contributed by atoms with van der Waals surface area (Å²) in [7, 11) is 0. The molecule has 1 saturated carbocycles. The van der Waals surface area contributed by atoms with Crippen molar-refractivity contribution in [1.82, 2.24) is 0 Å². The van der Waals surface area contributed by atoms with Gasteiger partial charge < -0.3 is 10.5 Å². The predicted octanol–water partition coefficient (Wildman–Crippen LogP) is 3.25. The Morgan fingerprint density at radius 3 is 2.63 bits per heavy atom. The SMILES string of the molecule is NCC1CCCCC1COCc1cccc(F)c1F. The molecule has 106 valence electrons. The smallest absolute Gasteiger partial charge is 0.164 e. The van der Waals surface area contributed by atoms with Gasteiger partial charge in [0.05, 0.1) is 13.2 Å². The van der Waals surface area contributed by atoms with Gasteiger partial charge in [0.15, 0.2) is 11.6 Å². The van der Waals surface area contributed by atoms with Crippen molar-refractivity contribution in [3.05, 3.63) is 35.4 Å². The molecule has 1 aliphatic carbocycles. The van der Waals surface area contributed by atoms with Gasteiger partial charge in [-0.05, 0) is 37.3 Å². The Kier molecular flexibility index (Phi) is 5.28. The van der Waals surface area contributed by atoms with Crippen LogP contribution in [0.1, 0.15) is 31.2 Å². The maximum atomic E-state index is 13.4. The van der Waals surface area contributed by atoms with E-state index in [9.17, 15) is 8.78 Å². The van der Waals surface area contributed by atoms with Crippen molar-refractivity contribution >= 4 is 0 Å². The highest BCUT2D eigenvalue weighted by molar-refractivity contribution is 5.17. The first-order valence-corrected chi connectivity index (χ1v) is 6.93. The van der Waals surface area contributed by atoms with Gasteiger partial charge in [0.2, 0.25) is 0 Å². The summed E-state index contributed by atoms with van der Waals surface area (Å²) in [6, 6.07) is 4.17. The number of nitrogens with two attached hydrogens (primary N) is 1. The second-order valence-electron chi connectivity index (χ2n) is 5.27. The monoisotopic (exact) mass is 269 g/mol. The fraction of sp³-hybridized carbons (Fsp3) is 0.600. The summed E-state index contributed by atoms with van der Waals surface area (Å²) in [6.07, 6.45) is 4.71. The van der Waals surface area contributed by atoms with Crippen molar-refractivity contribution in [2.45, 2.75) is 32.3 Å². The third-order valence-corrected chi connectivity index (χ3v) is 3.99. The fourth-order valence-corrected chi connectivity index (χ4v) is 2.79. The van der Waals surface area contributed by atoms with E-state index < -0.39 is 11.6 Å². The molecule has 0 bridgehead atoms. The van der Waals surface area contributed by atoms with Gasteiger partial charge in [-0.3, -0.25) is 0 Å². The van der Waals surface area contributed by atoms with Crippen molar-refractivity contribution in [3.63, 3.8) is 0 Å². The molecule has 1 aliphatic rings. The minimum atomic E-state index is -0.821. The molecule has 2 N–H and O–H groups in total. The Bertz CT molecular complexity index is 411. The molecule has 2 unspecified atom stereocenters. The van der Waals surface area contributed by atoms with Gasteiger partial charge in [0.1, 0.15) is 0 Å². The summed E-state index contributed by atoms with van der Waals surface area (Å²) in [5, 5.41) is 0. The van der Waals surface area contributed by atoms with E-state index >= 15 is 0 Å². The molecule has 0 radical (unpaired) electrons. The van der Waals surface area contributed by atoms with Crippen LogP contribution in [0, 0.1) is 23.5 Å². The van der Waals surface area contributed by atoms with Gasteiger partial charge in [0, 0.05) is 5.56 Å². The number of halogens is 2. The number of benzene rings is 1. The summed E-state index contributed by atoms with van der Waals surface area (Å²) in [5.41, 5.74) is 6.03. The average molecular weight is 269 g/mol. The van der Waals surface area contributed by atoms with Crippen LogP contribution < -0.4 is 5.73 Å². The van der Waals surface area contributed by atoms with E-state index in [1.54, 1.807) is 6.07 Å². The van der Waals surface area contributed by atoms with Crippen LogP contribution in [0.25, 0.3) is 0 Å². The summed E-state index contributed by atoms with van der Waals surface area (Å²) in [4.78, 5) is 0. The number of hydrogen-bond acceptors (Lipinski definition) is 2. The molecular weight excluding hydrogens is 248 g/mol. The van der Waals surface area contributed by atoms with Crippen molar-refractivity contribution in [1.29, 1.82) is 0 Å². The highest BCUT2D eigenvalue weighted by atomic mass is 19.2. The summed E-state index contributed by atoms with van der Waals surface area (Å²) in [6.45, 7) is 1.39. The molecule has 0 saturated heterocycles. The number of ether oxygens (including phenoxy) is 1. The molecule has 0 spiro atoms. The molecule has 4 heteroatoms. The molecule has 0 aromatic heterocycles. The van der Waals surface area contributed by atoms with Crippen LogP contribution in [0.5, 0.6) is 0 Å². The van der Waals surface area contributed by atoms with Crippen molar-refractivity contribution in [3.8, 4) is 0 Å². The Hall–Kier alpha value is -1.00. The summed E-state index contributed by atoms with van der Waals surface area (Å²) < 4.78 is 32.0. The standard InChI is InChI=1S/C15H21F2NO/c16-14-7-3-6-13(15(14)17)10-19-9-12-5-2-1-4-11(12)8-18/h3,6-7,11-12H,1-2,4-5,8-10,18H2. The van der Waals surface area contributed by atoms with Crippen LogP contribution in [-0.4, -0.2) is 13.2 Å². The van der Waals surface area contributed by atoms with E-state index in [0.29, 0.717) is 25.0 Å². The lowest BCUT2D eigenvalue weighted by Crippen LogP contribution is -2.29. The first-order chi connectivity index (χ1) is 9.22. The van der Waals surface area contributed by atoms with Gasteiger partial charge in [-0.25, -0.2) is 8.78 Å². The van der Waals surface area contributed by atoms with Crippen molar-refractivity contribution < 1.29 is 13.5 Å². The van der Waals surface area contributed by atoms with Crippen LogP contribution in [0.2, 0.25) is 0 Å². The average Bonchev–Trinajstić information content (AvgIpc) is 2.44. The predicted molar refractivity (Wildman–Crippen MR) is 70.5 cm³/mol. The highest BCUT2D eigenvalue weighted by Gasteiger charge is 2.24. The van der Waals surface area contributed by atoms with E-state index in [1.165, 1.54) is 18.9 Å². The molecular formula is C15H21F2NO. The summed E-state index contributed by atoms with van der Waals surface area (Å²) in [5.74, 6) is -0.665. The minimum Gasteiger partial charge on any atom is -0.376 e. The van der Waals surface area contributed by atoms with Gasteiger partial charge in [-0.2, -0.15) is 0 Å². The van der Waals surface area contributed by atoms with E-state index in [2.05, 4.69) is 0 Å². The lowest BCUT2D eigenvalue weighted by Gasteiger charge is -2.30. The number of rotatable bonds is 5. The first kappa shape index (κ1) is 14.4. The molecule has 1 aromatic rings. The van der Waals surface area contributed by atoms with Crippen molar-refractivity contribution in [2.24, 2.45) is 17.6 Å². The molecule has 0 aliphatic heterocycles. The maximum absolute atomic E-state index is 13.4. The van der Waals surface area contributed by atoms with Gasteiger partial charge in [0.25, 0.3) is 0 Å². The number of hydrogen-bond donors (Lipinski definition) is 1. The second kappa shape index (κ2) is 6.96. The van der Waals surface area contributed by atoms with Crippen LogP contribution in [-0.2, 0) is 11.3 Å². The molecule has 2 rings (SSSR count). The van der Waals surface area contributed by atoms with E-state index in [0.717, 1.165) is 18.9 Å². The highest BCUT2D eigenvalue weighted by Crippen LogP contribution is 2.29. The second-order valence-corrected chi connectivity index (χ2v) is 5.27. The molecule has 1 fully saturated rings. The zero-order chi connectivity index (χ0) is 13.7. The van der Waals surface area contributed by atoms with E-state index in [1.807, 2.05) is 0 Å². The Labute approximate surface area is 112 Å². The minimum absolute atomic E-state index is 0.122. The molecule has 2 nitrogen and oxygen atoms in total. The normalized spacial score (nSPS) is 23.5. The fourth-order valence-electron chi connectivity index (χ4n) is 2.79. The van der Waals surface area contributed by atoms with Gasteiger partial charge >= 0.3 is 0 Å². The molecule has 0 heterocycles. The molecule has 19 heavy (non-hydrogen) atoms. The lowest BCUT2D eigenvalue weighted by atomic mass is 9.80. The van der Waals surface area contributed by atoms with Crippen LogP contribution in [0.3, 0.4) is 0 Å². The zero-order valence-electron chi connectivity index (χ0n) is 11.1. The molecule has 2 atom stereocenters. The van der Waals surface area contributed by atoms with Crippen molar-refractivity contribution in [2.75, 3.05) is 13.2 Å². The quantitative estimate of drug-likeness (QED) is 0.890. The summed E-state index contributed by atoms with van der Waals surface area (Å²) >= 11 is 0. The first-order valence-electron chi connectivity index (χ1n) is 6.93. The van der Waals surface area contributed by atoms with E-state index in [4.69, 9.17) is 10.5 Å². The Balaban J connectivity index is 1.84. The Morgan fingerprint density at radius 1 is 1.16 bits per heavy atom. The Morgan fingerprint density at radius 2 is 1.89 bits per heavy atom. The third-order valence-electron chi connectivity index (χ3n) is 3.99. The van der Waals surface area contributed by atoms with Crippen LogP contribution in [0.15, 0.2) is 18.2 Å². The lowest BCUT2D eigenvalue weighted by molar-refractivity contribution is 0.0497.